The molecule has 1 heterocycles. The van der Waals surface area contributed by atoms with Gasteiger partial charge >= 0.3 is 0 Å². The molecule has 0 bridgehead atoms. The summed E-state index contributed by atoms with van der Waals surface area (Å²) in [7, 11) is 0. The van der Waals surface area contributed by atoms with Gasteiger partial charge in [0.1, 0.15) is 0 Å². The van der Waals surface area contributed by atoms with Gasteiger partial charge in [-0.3, -0.25) is 0 Å². The monoisotopic (exact) mass is 469 g/mol. The standard InChI is InChI=1S/C21H43NS.HI/c1-2-3-4-5-6-7-8-9-10-11-12-15-20-23-21-16-19-22-17-13-14-18-22;/h2-21H2,1H3;1H. The maximum absolute atomic E-state index is 2.64. The zero-order valence-corrected chi connectivity index (χ0v) is 19.6. The van der Waals surface area contributed by atoms with Crippen molar-refractivity contribution in [3.63, 3.8) is 0 Å². The lowest BCUT2D eigenvalue weighted by molar-refractivity contribution is 0.341. The number of halogens is 1. The van der Waals surface area contributed by atoms with Crippen LogP contribution < -0.4 is 0 Å². The molecule has 0 amide bonds. The molecule has 0 aromatic rings. The van der Waals surface area contributed by atoms with Crippen molar-refractivity contribution in [2.45, 2.75) is 103 Å². The number of thioether (sulfide) groups is 1. The Morgan fingerprint density at radius 2 is 1.08 bits per heavy atom. The van der Waals surface area contributed by atoms with E-state index in [-0.39, 0.29) is 24.0 Å². The Bertz CT molecular complexity index is 232. The maximum atomic E-state index is 2.64. The molecule has 3 heteroatoms. The number of nitrogens with zero attached hydrogens (tertiary/aromatic N) is 1. The molecule has 0 radical (unpaired) electrons. The van der Waals surface area contributed by atoms with Gasteiger partial charge in [-0.25, -0.2) is 0 Å². The van der Waals surface area contributed by atoms with E-state index in [0.717, 1.165) is 0 Å². The van der Waals surface area contributed by atoms with Gasteiger partial charge in [0.05, 0.1) is 0 Å². The number of likely N-dealkylation sites (tertiary alicyclic amines) is 1. The molecule has 1 saturated heterocycles. The molecular weight excluding hydrogens is 425 g/mol. The van der Waals surface area contributed by atoms with Crippen LogP contribution in [0.1, 0.15) is 103 Å². The van der Waals surface area contributed by atoms with Gasteiger partial charge in [0.2, 0.25) is 0 Å². The lowest BCUT2D eigenvalue weighted by atomic mass is 10.1. The summed E-state index contributed by atoms with van der Waals surface area (Å²) in [6.45, 7) is 6.38. The normalized spacial score (nSPS) is 14.9. The van der Waals surface area contributed by atoms with E-state index in [1.165, 1.54) is 127 Å². The SMILES string of the molecule is CCCCCCCCCCCCCCSCCCN1CCCC1.I. The first-order valence-corrected chi connectivity index (χ1v) is 11.9. The Hall–Kier alpha value is 1.04. The minimum Gasteiger partial charge on any atom is -0.303 e. The summed E-state index contributed by atoms with van der Waals surface area (Å²) in [6.07, 6.45) is 21.8. The molecule has 146 valence electrons. The van der Waals surface area contributed by atoms with Crippen molar-refractivity contribution >= 4 is 35.7 Å². The lowest BCUT2D eigenvalue weighted by Gasteiger charge is -2.13. The van der Waals surface area contributed by atoms with Gasteiger partial charge in [0.15, 0.2) is 0 Å². The van der Waals surface area contributed by atoms with Crippen molar-refractivity contribution in [3.05, 3.63) is 0 Å². The molecule has 0 N–H and O–H groups in total. The van der Waals surface area contributed by atoms with Crippen molar-refractivity contribution < 1.29 is 0 Å². The van der Waals surface area contributed by atoms with Crippen molar-refractivity contribution in [2.75, 3.05) is 31.1 Å². The lowest BCUT2D eigenvalue weighted by Crippen LogP contribution is -2.20. The highest BCUT2D eigenvalue weighted by Gasteiger charge is 2.09. The third-order valence-electron chi connectivity index (χ3n) is 5.10. The molecule has 24 heavy (non-hydrogen) atoms. The van der Waals surface area contributed by atoms with Crippen molar-refractivity contribution in [1.82, 2.24) is 4.90 Å². The molecule has 1 fully saturated rings. The molecule has 0 spiro atoms. The topological polar surface area (TPSA) is 3.24 Å². The molecule has 1 rings (SSSR count). The predicted molar refractivity (Wildman–Crippen MR) is 124 cm³/mol. The van der Waals surface area contributed by atoms with Crippen LogP contribution >= 0.6 is 35.7 Å². The van der Waals surface area contributed by atoms with E-state index in [1.54, 1.807) is 0 Å². The summed E-state index contributed by atoms with van der Waals surface area (Å²) >= 11 is 2.19. The first-order chi connectivity index (χ1) is 11.4. The molecule has 1 aliphatic rings. The third kappa shape index (κ3) is 16.5. The minimum atomic E-state index is 0. The molecule has 0 aromatic heterocycles. The molecule has 0 unspecified atom stereocenters. The molecule has 0 aromatic carbocycles. The zero-order valence-electron chi connectivity index (χ0n) is 16.4. The van der Waals surface area contributed by atoms with E-state index < -0.39 is 0 Å². The van der Waals surface area contributed by atoms with E-state index in [1.807, 2.05) is 0 Å². The molecule has 1 nitrogen and oxygen atoms in total. The summed E-state index contributed by atoms with van der Waals surface area (Å²) < 4.78 is 0. The van der Waals surface area contributed by atoms with Gasteiger partial charge in [-0.2, -0.15) is 11.8 Å². The number of hydrogen-bond donors (Lipinski definition) is 0. The van der Waals surface area contributed by atoms with Gasteiger partial charge in [-0.1, -0.05) is 77.6 Å². The molecule has 0 atom stereocenters. The van der Waals surface area contributed by atoms with E-state index in [4.69, 9.17) is 0 Å². The third-order valence-corrected chi connectivity index (χ3v) is 6.26. The second-order valence-electron chi connectivity index (χ2n) is 7.40. The second kappa shape index (κ2) is 20.4. The Balaban J connectivity index is 0.00000529. The highest BCUT2D eigenvalue weighted by Crippen LogP contribution is 2.14. The average molecular weight is 470 g/mol. The van der Waals surface area contributed by atoms with Crippen LogP contribution in [-0.4, -0.2) is 36.0 Å². The summed E-state index contributed by atoms with van der Waals surface area (Å²) in [5.41, 5.74) is 0. The van der Waals surface area contributed by atoms with Crippen LogP contribution in [0.4, 0.5) is 0 Å². The summed E-state index contributed by atoms with van der Waals surface area (Å²) in [5.74, 6) is 2.78. The van der Waals surface area contributed by atoms with Gasteiger partial charge in [0.25, 0.3) is 0 Å². The smallest absolute Gasteiger partial charge is 0.00109 e. The van der Waals surface area contributed by atoms with Gasteiger partial charge in [0, 0.05) is 0 Å². The zero-order chi connectivity index (χ0) is 16.4. The Morgan fingerprint density at radius 1 is 0.625 bits per heavy atom. The molecule has 0 aliphatic carbocycles. The van der Waals surface area contributed by atoms with E-state index in [0.29, 0.717) is 0 Å². The average Bonchev–Trinajstić information content (AvgIpc) is 3.08. The van der Waals surface area contributed by atoms with Crippen molar-refractivity contribution in [2.24, 2.45) is 0 Å². The van der Waals surface area contributed by atoms with Gasteiger partial charge < -0.3 is 4.90 Å². The molecule has 0 saturated carbocycles. The Labute approximate surface area is 174 Å². The highest BCUT2D eigenvalue weighted by molar-refractivity contribution is 14.0. The summed E-state index contributed by atoms with van der Waals surface area (Å²) in [5, 5.41) is 0. The van der Waals surface area contributed by atoms with Crippen LogP contribution in [0.5, 0.6) is 0 Å². The Morgan fingerprint density at radius 3 is 1.62 bits per heavy atom. The van der Waals surface area contributed by atoms with Crippen LogP contribution in [-0.2, 0) is 0 Å². The quantitative estimate of drug-likeness (QED) is 0.160. The predicted octanol–water partition coefficient (Wildman–Crippen LogP) is 7.52. The summed E-state index contributed by atoms with van der Waals surface area (Å²) in [6, 6.07) is 0. The molecular formula is C21H44INS. The van der Waals surface area contributed by atoms with Crippen LogP contribution in [0.15, 0.2) is 0 Å². The molecule has 1 aliphatic heterocycles. The van der Waals surface area contributed by atoms with Crippen molar-refractivity contribution in [1.29, 1.82) is 0 Å². The van der Waals surface area contributed by atoms with E-state index in [9.17, 15) is 0 Å². The largest absolute Gasteiger partial charge is 0.303 e. The van der Waals surface area contributed by atoms with Crippen LogP contribution in [0.25, 0.3) is 0 Å². The summed E-state index contributed by atoms with van der Waals surface area (Å²) in [4.78, 5) is 2.64. The number of hydrogen-bond acceptors (Lipinski definition) is 2. The number of unbranched alkanes of at least 4 members (excludes halogenated alkanes) is 11. The van der Waals surface area contributed by atoms with Crippen LogP contribution in [0, 0.1) is 0 Å². The second-order valence-corrected chi connectivity index (χ2v) is 8.63. The fourth-order valence-electron chi connectivity index (χ4n) is 3.54. The van der Waals surface area contributed by atoms with E-state index in [2.05, 4.69) is 23.6 Å². The fraction of sp³-hybridized carbons (Fsp3) is 1.00. The first kappa shape index (κ1) is 25.0. The number of rotatable bonds is 17. The highest BCUT2D eigenvalue weighted by atomic mass is 127. The fourth-order valence-corrected chi connectivity index (χ4v) is 4.49. The Kier molecular flexibility index (Phi) is 21.2. The van der Waals surface area contributed by atoms with Gasteiger partial charge in [-0.05, 0) is 56.8 Å². The van der Waals surface area contributed by atoms with Crippen molar-refractivity contribution in [3.8, 4) is 0 Å². The van der Waals surface area contributed by atoms with Gasteiger partial charge in [-0.15, -0.1) is 24.0 Å². The van der Waals surface area contributed by atoms with Crippen LogP contribution in [0.2, 0.25) is 0 Å². The minimum absolute atomic E-state index is 0. The van der Waals surface area contributed by atoms with E-state index >= 15 is 0 Å². The first-order valence-electron chi connectivity index (χ1n) is 10.7. The van der Waals surface area contributed by atoms with Crippen LogP contribution in [0.3, 0.4) is 0 Å². The maximum Gasteiger partial charge on any atom is -0.00109 e.